The predicted octanol–water partition coefficient (Wildman–Crippen LogP) is 14.4. The van der Waals surface area contributed by atoms with Gasteiger partial charge >= 0.3 is 0 Å². The molecule has 3 heteroatoms. The summed E-state index contributed by atoms with van der Waals surface area (Å²) in [5.41, 5.74) is 17.0. The highest BCUT2D eigenvalue weighted by Crippen LogP contribution is 2.57. The standard InChI is InChI=1S/C67H45NOSi/c1-4-20-48(21-5-1)67(49-22-6-2-7-23-49)61-31-14-10-27-55(61)56-41-39-51(44-62(56)67)68(52-40-42-58-57-28-11-15-32-63(57)69-64(58)45-52)50-37-35-46(36-38-50)47-19-18-26-54(43-47)70(53-24-8-3-9-25-53)65-33-16-12-29-59(65)60-30-13-17-34-66(60)70/h1-45H. The van der Waals surface area contributed by atoms with Crippen molar-refractivity contribution in [2.24, 2.45) is 0 Å². The summed E-state index contributed by atoms with van der Waals surface area (Å²) in [4.78, 5) is 2.40. The fourth-order valence-corrected chi connectivity index (χ4v) is 17.5. The van der Waals surface area contributed by atoms with Gasteiger partial charge in [0.2, 0.25) is 0 Å². The van der Waals surface area contributed by atoms with E-state index in [9.17, 15) is 0 Å². The Bertz CT molecular complexity index is 3870. The third-order valence-electron chi connectivity index (χ3n) is 15.2. The van der Waals surface area contributed by atoms with Crippen LogP contribution in [0.1, 0.15) is 22.3 Å². The lowest BCUT2D eigenvalue weighted by atomic mass is 9.67. The van der Waals surface area contributed by atoms with Crippen molar-refractivity contribution in [3.63, 3.8) is 0 Å². The second kappa shape index (κ2) is 15.9. The number of rotatable bonds is 8. The fraction of sp³-hybridized carbons (Fsp3) is 0.0149. The van der Waals surface area contributed by atoms with E-state index in [0.717, 1.165) is 39.0 Å². The molecule has 328 valence electrons. The molecule has 0 N–H and O–H groups in total. The van der Waals surface area contributed by atoms with Crippen molar-refractivity contribution in [1.82, 2.24) is 0 Å². The van der Waals surface area contributed by atoms with Crippen LogP contribution >= 0.6 is 0 Å². The van der Waals surface area contributed by atoms with Crippen molar-refractivity contribution >= 4 is 67.8 Å². The Morgan fingerprint density at radius 1 is 0.314 bits per heavy atom. The Balaban J connectivity index is 0.943. The van der Waals surface area contributed by atoms with Gasteiger partial charge in [-0.2, -0.15) is 0 Å². The van der Waals surface area contributed by atoms with Crippen LogP contribution in [0.3, 0.4) is 0 Å². The van der Waals surface area contributed by atoms with E-state index >= 15 is 0 Å². The summed E-state index contributed by atoms with van der Waals surface area (Å²) in [7, 11) is -2.65. The first-order valence-electron chi connectivity index (χ1n) is 24.2. The SMILES string of the molecule is c1ccc(C2(c3ccccc3)c3ccccc3-c3ccc(N(c4ccc(-c5cccc([Si]6(c7ccccc7)c7ccccc7-c7ccccc76)c5)cc4)c4ccc5c(c4)oc4ccccc45)cc32)cc1. The summed E-state index contributed by atoms with van der Waals surface area (Å²) in [6, 6.07) is 101. The molecule has 2 aliphatic rings. The molecule has 0 spiro atoms. The zero-order valence-electron chi connectivity index (χ0n) is 38.3. The molecule has 0 fully saturated rings. The van der Waals surface area contributed by atoms with Crippen molar-refractivity contribution in [1.29, 1.82) is 0 Å². The van der Waals surface area contributed by atoms with Crippen LogP contribution in [0.15, 0.2) is 277 Å². The van der Waals surface area contributed by atoms with Crippen molar-refractivity contribution in [2.45, 2.75) is 5.41 Å². The van der Waals surface area contributed by atoms with Crippen molar-refractivity contribution in [3.8, 4) is 33.4 Å². The molecule has 0 unspecified atom stereocenters. The lowest BCUT2D eigenvalue weighted by molar-refractivity contribution is 0.669. The van der Waals surface area contributed by atoms with Gasteiger partial charge < -0.3 is 9.32 Å². The molecule has 0 saturated carbocycles. The van der Waals surface area contributed by atoms with E-state index in [1.807, 2.05) is 6.07 Å². The van der Waals surface area contributed by atoms with Crippen molar-refractivity contribution in [3.05, 3.63) is 295 Å². The van der Waals surface area contributed by atoms with Crippen LogP contribution in [0.4, 0.5) is 17.1 Å². The average molecular weight is 908 g/mol. The second-order valence-electron chi connectivity index (χ2n) is 18.7. The number of anilines is 3. The molecule has 14 rings (SSSR count). The number of para-hydroxylation sites is 1. The molecular formula is C67H45NOSi. The molecule has 70 heavy (non-hydrogen) atoms. The largest absolute Gasteiger partial charge is 0.456 e. The molecule has 2 nitrogen and oxygen atoms in total. The average Bonchev–Trinajstić information content (AvgIpc) is 4.07. The maximum absolute atomic E-state index is 6.57. The Hall–Kier alpha value is -8.76. The van der Waals surface area contributed by atoms with Crippen LogP contribution in [0, 0.1) is 0 Å². The first kappa shape index (κ1) is 40.3. The van der Waals surface area contributed by atoms with Crippen LogP contribution in [-0.4, -0.2) is 8.07 Å². The monoisotopic (exact) mass is 907 g/mol. The quantitative estimate of drug-likeness (QED) is 0.141. The summed E-state index contributed by atoms with van der Waals surface area (Å²) in [5.74, 6) is 0. The normalized spacial score (nSPS) is 13.7. The molecular weight excluding hydrogens is 863 g/mol. The van der Waals surface area contributed by atoms with Crippen LogP contribution in [0.5, 0.6) is 0 Å². The molecule has 0 radical (unpaired) electrons. The molecule has 2 heterocycles. The van der Waals surface area contributed by atoms with Crippen LogP contribution < -0.4 is 25.6 Å². The molecule has 12 aromatic rings. The lowest BCUT2D eigenvalue weighted by Crippen LogP contribution is -2.72. The van der Waals surface area contributed by atoms with Crippen LogP contribution in [0.25, 0.3) is 55.3 Å². The van der Waals surface area contributed by atoms with Crippen molar-refractivity contribution in [2.75, 3.05) is 4.90 Å². The van der Waals surface area contributed by atoms with Gasteiger partial charge in [-0.05, 0) is 119 Å². The smallest absolute Gasteiger partial charge is 0.180 e. The summed E-state index contributed by atoms with van der Waals surface area (Å²) in [5, 5.41) is 7.92. The Morgan fingerprint density at radius 2 is 0.843 bits per heavy atom. The van der Waals surface area contributed by atoms with Crippen LogP contribution in [0.2, 0.25) is 0 Å². The summed E-state index contributed by atoms with van der Waals surface area (Å²) in [6.45, 7) is 0. The minimum absolute atomic E-state index is 0.533. The van der Waals surface area contributed by atoms with Gasteiger partial charge in [-0.3, -0.25) is 0 Å². The second-order valence-corrected chi connectivity index (χ2v) is 22.4. The summed E-state index contributed by atoms with van der Waals surface area (Å²) >= 11 is 0. The van der Waals surface area contributed by atoms with E-state index in [2.05, 4.69) is 272 Å². The first-order valence-corrected chi connectivity index (χ1v) is 26.2. The van der Waals surface area contributed by atoms with Gasteiger partial charge in [0.1, 0.15) is 11.2 Å². The van der Waals surface area contributed by atoms with Gasteiger partial charge in [0.15, 0.2) is 8.07 Å². The zero-order valence-corrected chi connectivity index (χ0v) is 39.3. The topological polar surface area (TPSA) is 16.4 Å². The van der Waals surface area contributed by atoms with E-state index in [-0.39, 0.29) is 0 Å². The van der Waals surface area contributed by atoms with E-state index in [1.165, 1.54) is 76.4 Å². The summed E-state index contributed by atoms with van der Waals surface area (Å²) < 4.78 is 6.57. The van der Waals surface area contributed by atoms with Gasteiger partial charge in [0.05, 0.1) is 5.41 Å². The molecule has 11 aromatic carbocycles. The highest BCUT2D eigenvalue weighted by Gasteiger charge is 2.49. The Morgan fingerprint density at radius 3 is 1.56 bits per heavy atom. The number of furan rings is 1. The molecule has 1 aliphatic heterocycles. The number of hydrogen-bond acceptors (Lipinski definition) is 2. The maximum Gasteiger partial charge on any atom is 0.180 e. The van der Waals surface area contributed by atoms with Crippen LogP contribution in [-0.2, 0) is 5.41 Å². The molecule has 0 atom stereocenters. The van der Waals surface area contributed by atoms with Gasteiger partial charge in [-0.1, -0.05) is 224 Å². The third kappa shape index (κ3) is 5.86. The molecule has 1 aliphatic carbocycles. The minimum Gasteiger partial charge on any atom is -0.456 e. The lowest BCUT2D eigenvalue weighted by Gasteiger charge is -2.35. The highest BCUT2D eigenvalue weighted by molar-refractivity contribution is 7.22. The highest BCUT2D eigenvalue weighted by atomic mass is 28.3. The third-order valence-corrected chi connectivity index (χ3v) is 20.1. The van der Waals surface area contributed by atoms with E-state index in [4.69, 9.17) is 4.42 Å². The van der Waals surface area contributed by atoms with E-state index < -0.39 is 13.5 Å². The van der Waals surface area contributed by atoms with Gasteiger partial charge in [-0.25, -0.2) is 0 Å². The van der Waals surface area contributed by atoms with E-state index in [0.29, 0.717) is 0 Å². The number of benzene rings is 11. The molecule has 0 amide bonds. The maximum atomic E-state index is 6.57. The fourth-order valence-electron chi connectivity index (χ4n) is 12.3. The summed E-state index contributed by atoms with van der Waals surface area (Å²) in [6.07, 6.45) is 0. The van der Waals surface area contributed by atoms with Crippen molar-refractivity contribution < 1.29 is 4.42 Å². The number of nitrogens with zero attached hydrogens (tertiary/aromatic N) is 1. The number of fused-ring (bicyclic) bond motifs is 9. The van der Waals surface area contributed by atoms with Gasteiger partial charge in [0, 0.05) is 33.9 Å². The van der Waals surface area contributed by atoms with Gasteiger partial charge in [-0.15, -0.1) is 0 Å². The predicted molar refractivity (Wildman–Crippen MR) is 294 cm³/mol. The zero-order chi connectivity index (χ0) is 46.2. The molecule has 0 bridgehead atoms. The van der Waals surface area contributed by atoms with Gasteiger partial charge in [0.25, 0.3) is 0 Å². The first-order chi connectivity index (χ1) is 34.7. The Kier molecular flexibility index (Phi) is 9.17. The number of hydrogen-bond donors (Lipinski definition) is 0. The Labute approximate surface area is 409 Å². The van der Waals surface area contributed by atoms with E-state index in [1.54, 1.807) is 0 Å². The molecule has 1 aromatic heterocycles. The molecule has 0 saturated heterocycles. The minimum atomic E-state index is -2.65.